The molecule has 1 unspecified atom stereocenters. The smallest absolute Gasteiger partial charge is 0.295 e. The molecule has 198 valence electrons. The topological polar surface area (TPSA) is 85.3 Å². The van der Waals surface area contributed by atoms with Crippen LogP contribution < -0.4 is 14.2 Å². The predicted molar refractivity (Wildman–Crippen MR) is 146 cm³/mol. The lowest BCUT2D eigenvalue weighted by Crippen LogP contribution is -2.29. The largest absolute Gasteiger partial charge is 0.507 e. The minimum Gasteiger partial charge on any atom is -0.507 e. The van der Waals surface area contributed by atoms with Crippen LogP contribution in [0.1, 0.15) is 43.5 Å². The quantitative estimate of drug-likeness (QED) is 0.201. The van der Waals surface area contributed by atoms with Gasteiger partial charge in [0.15, 0.2) is 0 Å². The number of rotatable bonds is 9. The fourth-order valence-electron chi connectivity index (χ4n) is 4.41. The van der Waals surface area contributed by atoms with Gasteiger partial charge < -0.3 is 24.2 Å². The van der Waals surface area contributed by atoms with E-state index in [0.29, 0.717) is 29.4 Å². The summed E-state index contributed by atoms with van der Waals surface area (Å²) in [6, 6.07) is 18.4. The highest BCUT2D eigenvalue weighted by Crippen LogP contribution is 2.42. The number of Topliss-reactive ketones (excluding diaryl/α,β-unsaturated/α-hetero) is 1. The molecule has 0 bridgehead atoms. The average Bonchev–Trinajstić information content (AvgIpc) is 3.15. The first-order chi connectivity index (χ1) is 18.2. The normalized spacial score (nSPS) is 16.7. The summed E-state index contributed by atoms with van der Waals surface area (Å²) in [5.41, 5.74) is 1.61. The second kappa shape index (κ2) is 11.6. The fraction of sp³-hybridized carbons (Fsp3) is 0.267. The first kappa shape index (κ1) is 27.1. The van der Waals surface area contributed by atoms with Crippen LogP contribution in [0, 0.1) is 0 Å². The number of nitrogens with zero attached hydrogens (tertiary/aromatic N) is 1. The number of ketones is 1. The van der Waals surface area contributed by atoms with Gasteiger partial charge in [0.1, 0.15) is 23.0 Å². The predicted octanol–water partition coefficient (Wildman–Crippen LogP) is 6.16. The van der Waals surface area contributed by atoms with E-state index in [1.807, 2.05) is 32.9 Å². The van der Waals surface area contributed by atoms with Crippen molar-refractivity contribution in [2.75, 3.05) is 13.7 Å². The molecule has 0 aromatic heterocycles. The van der Waals surface area contributed by atoms with Crippen LogP contribution in [0.15, 0.2) is 72.3 Å². The minimum atomic E-state index is -0.850. The lowest BCUT2D eigenvalue weighted by atomic mass is 9.95. The summed E-state index contributed by atoms with van der Waals surface area (Å²) in [4.78, 5) is 28.2. The van der Waals surface area contributed by atoms with Crippen molar-refractivity contribution in [2.45, 2.75) is 39.5 Å². The van der Waals surface area contributed by atoms with E-state index in [0.717, 1.165) is 5.56 Å². The summed E-state index contributed by atoms with van der Waals surface area (Å²) >= 11 is 6.42. The van der Waals surface area contributed by atoms with Gasteiger partial charge in [-0.15, -0.1) is 0 Å². The van der Waals surface area contributed by atoms with Gasteiger partial charge in [-0.25, -0.2) is 0 Å². The third-order valence-corrected chi connectivity index (χ3v) is 6.45. The highest BCUT2D eigenvalue weighted by molar-refractivity contribution is 6.47. The monoisotopic (exact) mass is 535 g/mol. The van der Waals surface area contributed by atoms with Crippen molar-refractivity contribution < 1.29 is 28.9 Å². The average molecular weight is 536 g/mol. The van der Waals surface area contributed by atoms with Crippen LogP contribution in [0.5, 0.6) is 17.2 Å². The molecule has 1 fully saturated rings. The number of hydrogen-bond donors (Lipinski definition) is 1. The Balaban J connectivity index is 1.83. The molecular weight excluding hydrogens is 506 g/mol. The molecule has 0 aliphatic carbocycles. The zero-order valence-electron chi connectivity index (χ0n) is 21.7. The number of halogens is 1. The van der Waals surface area contributed by atoms with Crippen molar-refractivity contribution in [3.05, 3.63) is 94.0 Å². The van der Waals surface area contributed by atoms with Crippen molar-refractivity contribution in [1.29, 1.82) is 0 Å². The molecule has 7 nitrogen and oxygen atoms in total. The number of likely N-dealkylation sites (tertiary alicyclic amines) is 1. The zero-order valence-corrected chi connectivity index (χ0v) is 22.5. The van der Waals surface area contributed by atoms with E-state index in [9.17, 15) is 14.7 Å². The van der Waals surface area contributed by atoms with E-state index in [-0.39, 0.29) is 34.6 Å². The van der Waals surface area contributed by atoms with Gasteiger partial charge in [-0.1, -0.05) is 35.9 Å². The van der Waals surface area contributed by atoms with Crippen LogP contribution >= 0.6 is 11.6 Å². The van der Waals surface area contributed by atoms with Crippen LogP contribution in [0.4, 0.5) is 0 Å². The first-order valence-electron chi connectivity index (χ1n) is 12.3. The van der Waals surface area contributed by atoms with Crippen LogP contribution in [0.3, 0.4) is 0 Å². The van der Waals surface area contributed by atoms with Gasteiger partial charge in [-0.05, 0) is 74.4 Å². The zero-order chi connectivity index (χ0) is 27.4. The summed E-state index contributed by atoms with van der Waals surface area (Å²) < 4.78 is 16.6. The van der Waals surface area contributed by atoms with E-state index in [2.05, 4.69) is 0 Å². The molecule has 0 radical (unpaired) electrons. The van der Waals surface area contributed by atoms with Gasteiger partial charge in [0, 0.05) is 12.1 Å². The molecule has 1 aliphatic rings. The van der Waals surface area contributed by atoms with Crippen LogP contribution in [0.2, 0.25) is 5.02 Å². The molecule has 1 saturated heterocycles. The second-order valence-electron chi connectivity index (χ2n) is 9.09. The van der Waals surface area contributed by atoms with Crippen molar-refractivity contribution in [2.24, 2.45) is 0 Å². The lowest BCUT2D eigenvalue weighted by molar-refractivity contribution is -0.140. The molecule has 1 amide bonds. The lowest BCUT2D eigenvalue weighted by Gasteiger charge is -2.26. The van der Waals surface area contributed by atoms with Gasteiger partial charge in [0.25, 0.3) is 11.7 Å². The van der Waals surface area contributed by atoms with Gasteiger partial charge in [0.05, 0.1) is 36.5 Å². The third-order valence-electron chi connectivity index (χ3n) is 6.12. The molecule has 38 heavy (non-hydrogen) atoms. The van der Waals surface area contributed by atoms with E-state index in [4.69, 9.17) is 25.8 Å². The van der Waals surface area contributed by atoms with Gasteiger partial charge in [-0.2, -0.15) is 0 Å². The van der Waals surface area contributed by atoms with Crippen molar-refractivity contribution in [1.82, 2.24) is 4.90 Å². The Morgan fingerprint density at radius 3 is 2.21 bits per heavy atom. The van der Waals surface area contributed by atoms with Crippen LogP contribution in [-0.4, -0.2) is 41.5 Å². The number of hydrogen-bond acceptors (Lipinski definition) is 6. The standard InChI is InChI=1S/C30H30ClNO6/c1-5-37-23-14-15-25(31)24(16-23)28(33)26-27(20-8-12-22(13-9-20)38-18(2)3)32(30(35)29(26)34)17-19-6-10-21(36-4)11-7-19/h6-16,18,27,33H,5,17H2,1-4H3/b28-26+. The summed E-state index contributed by atoms with van der Waals surface area (Å²) in [6.45, 7) is 6.26. The van der Waals surface area contributed by atoms with E-state index < -0.39 is 17.7 Å². The number of carbonyl (C=O) groups is 2. The number of amides is 1. The molecule has 1 atom stereocenters. The molecular formula is C30H30ClNO6. The maximum absolute atomic E-state index is 13.4. The Morgan fingerprint density at radius 1 is 0.974 bits per heavy atom. The van der Waals surface area contributed by atoms with Crippen LogP contribution in [0.25, 0.3) is 5.76 Å². The maximum Gasteiger partial charge on any atom is 0.295 e. The van der Waals surface area contributed by atoms with Gasteiger partial charge in [0.2, 0.25) is 0 Å². The second-order valence-corrected chi connectivity index (χ2v) is 9.49. The van der Waals surface area contributed by atoms with Crippen molar-refractivity contribution >= 4 is 29.1 Å². The number of benzene rings is 3. The summed E-state index contributed by atoms with van der Waals surface area (Å²) in [7, 11) is 1.58. The Hall–Kier alpha value is -3.97. The number of ether oxygens (including phenoxy) is 3. The highest BCUT2D eigenvalue weighted by atomic mass is 35.5. The Kier molecular flexibility index (Phi) is 8.27. The number of aliphatic hydroxyl groups is 1. The highest BCUT2D eigenvalue weighted by Gasteiger charge is 2.46. The first-order valence-corrected chi connectivity index (χ1v) is 12.7. The Bertz CT molecular complexity index is 1350. The molecule has 8 heteroatoms. The van der Waals surface area contributed by atoms with Crippen LogP contribution in [-0.2, 0) is 16.1 Å². The molecule has 1 heterocycles. The molecule has 0 spiro atoms. The molecule has 3 aromatic rings. The van der Waals surface area contributed by atoms with Gasteiger partial charge in [-0.3, -0.25) is 9.59 Å². The molecule has 4 rings (SSSR count). The summed E-state index contributed by atoms with van der Waals surface area (Å²) in [6.07, 6.45) is -0.0127. The van der Waals surface area contributed by atoms with Crippen molar-refractivity contribution in [3.63, 3.8) is 0 Å². The Morgan fingerprint density at radius 2 is 1.61 bits per heavy atom. The summed E-state index contributed by atoms with van der Waals surface area (Å²) in [5.74, 6) is -0.0501. The fourth-order valence-corrected chi connectivity index (χ4v) is 4.61. The number of carbonyl (C=O) groups excluding carboxylic acids is 2. The molecule has 0 saturated carbocycles. The van der Waals surface area contributed by atoms with E-state index >= 15 is 0 Å². The Labute approximate surface area is 227 Å². The minimum absolute atomic E-state index is 0.0127. The SMILES string of the molecule is CCOc1ccc(Cl)c(/C(O)=C2\C(=O)C(=O)N(Cc3ccc(OC)cc3)C2c2ccc(OC(C)C)cc2)c1. The van der Waals surface area contributed by atoms with E-state index in [1.54, 1.807) is 61.7 Å². The molecule has 3 aromatic carbocycles. The maximum atomic E-state index is 13.4. The van der Waals surface area contributed by atoms with E-state index in [1.165, 1.54) is 4.90 Å². The summed E-state index contributed by atoms with van der Waals surface area (Å²) in [5, 5.41) is 11.7. The molecule has 1 aliphatic heterocycles. The molecule has 1 N–H and O–H groups in total. The van der Waals surface area contributed by atoms with Gasteiger partial charge >= 0.3 is 0 Å². The van der Waals surface area contributed by atoms with Crippen molar-refractivity contribution in [3.8, 4) is 17.2 Å². The third kappa shape index (κ3) is 5.63. The number of aliphatic hydroxyl groups excluding tert-OH is 1. The number of methoxy groups -OCH3 is 1.